The minimum atomic E-state index is -0.00124. The molecule has 0 aromatic rings. The zero-order chi connectivity index (χ0) is 31.8. The first kappa shape index (κ1) is 41.4. The first-order chi connectivity index (χ1) is 21.7. The molecule has 0 radical (unpaired) electrons. The lowest BCUT2D eigenvalue weighted by atomic mass is 9.99. The number of ether oxygens (including phenoxy) is 2. The fourth-order valence-corrected chi connectivity index (χ4v) is 6.44. The maximum absolute atomic E-state index is 6.45. The van der Waals surface area contributed by atoms with Crippen LogP contribution in [-0.2, 0) is 9.47 Å². The largest absolute Gasteiger partial charge is 0.347 e. The van der Waals surface area contributed by atoms with E-state index in [1.54, 1.807) is 0 Å². The van der Waals surface area contributed by atoms with Crippen molar-refractivity contribution in [3.05, 3.63) is 24.3 Å². The lowest BCUT2D eigenvalue weighted by Gasteiger charge is -2.16. The molecule has 0 N–H and O–H groups in total. The summed E-state index contributed by atoms with van der Waals surface area (Å²) in [5.41, 5.74) is 0. The molecule has 0 aromatic carbocycles. The second-order valence-corrected chi connectivity index (χ2v) is 14.1. The molecule has 1 fully saturated rings. The predicted molar refractivity (Wildman–Crippen MR) is 196 cm³/mol. The molecule has 1 aliphatic rings. The van der Waals surface area contributed by atoms with Gasteiger partial charge < -0.3 is 14.4 Å². The van der Waals surface area contributed by atoms with E-state index in [2.05, 4.69) is 57.1 Å². The highest BCUT2D eigenvalue weighted by molar-refractivity contribution is 4.82. The topological polar surface area (TPSA) is 21.7 Å². The normalized spacial score (nSPS) is 19.0. The molecule has 44 heavy (non-hydrogen) atoms. The summed E-state index contributed by atoms with van der Waals surface area (Å²) < 4.78 is 12.9. The van der Waals surface area contributed by atoms with Crippen LogP contribution in [0.2, 0.25) is 0 Å². The van der Waals surface area contributed by atoms with Crippen LogP contribution in [0.3, 0.4) is 0 Å². The van der Waals surface area contributed by atoms with Gasteiger partial charge >= 0.3 is 0 Å². The zero-order valence-corrected chi connectivity index (χ0v) is 30.5. The van der Waals surface area contributed by atoms with E-state index in [1.807, 2.05) is 0 Å². The highest BCUT2D eigenvalue weighted by atomic mass is 16.7. The van der Waals surface area contributed by atoms with Crippen molar-refractivity contribution < 1.29 is 9.47 Å². The first-order valence-corrected chi connectivity index (χ1v) is 19.9. The van der Waals surface area contributed by atoms with Crippen LogP contribution >= 0.6 is 0 Å². The maximum atomic E-state index is 6.45. The molecule has 0 saturated carbocycles. The van der Waals surface area contributed by atoms with Gasteiger partial charge in [0.15, 0.2) is 6.29 Å². The van der Waals surface area contributed by atoms with Gasteiger partial charge in [0.25, 0.3) is 0 Å². The third-order valence-corrected chi connectivity index (χ3v) is 9.38. The van der Waals surface area contributed by atoms with E-state index in [9.17, 15) is 0 Å². The second kappa shape index (κ2) is 32.3. The highest BCUT2D eigenvalue weighted by Gasteiger charge is 2.34. The molecular formula is C41H79NO2. The van der Waals surface area contributed by atoms with Crippen molar-refractivity contribution in [1.29, 1.82) is 0 Å². The van der Waals surface area contributed by atoms with Crippen LogP contribution in [0.1, 0.15) is 200 Å². The van der Waals surface area contributed by atoms with Crippen LogP contribution < -0.4 is 0 Å². The molecule has 1 heterocycles. The van der Waals surface area contributed by atoms with Crippen molar-refractivity contribution in [1.82, 2.24) is 4.90 Å². The smallest absolute Gasteiger partial charge is 0.159 e. The maximum Gasteiger partial charge on any atom is 0.159 e. The lowest BCUT2D eigenvalue weighted by molar-refractivity contribution is -0.0743. The molecule has 2 unspecified atom stereocenters. The van der Waals surface area contributed by atoms with Crippen LogP contribution in [0.15, 0.2) is 24.3 Å². The van der Waals surface area contributed by atoms with Crippen molar-refractivity contribution in [3.63, 3.8) is 0 Å². The Morgan fingerprint density at radius 2 is 0.727 bits per heavy atom. The summed E-state index contributed by atoms with van der Waals surface area (Å²) in [4.78, 5) is 2.24. The quantitative estimate of drug-likeness (QED) is 0.0540. The minimum absolute atomic E-state index is 0.00124. The summed E-state index contributed by atoms with van der Waals surface area (Å²) in [6.07, 6.45) is 49.0. The summed E-state index contributed by atoms with van der Waals surface area (Å²) in [6.45, 7) is 5.62. The zero-order valence-electron chi connectivity index (χ0n) is 30.5. The molecule has 0 spiro atoms. The minimum Gasteiger partial charge on any atom is -0.347 e. The fourth-order valence-electron chi connectivity index (χ4n) is 6.44. The molecule has 2 atom stereocenters. The highest BCUT2D eigenvalue weighted by Crippen LogP contribution is 2.29. The summed E-state index contributed by atoms with van der Waals surface area (Å²) in [5, 5.41) is 0. The van der Waals surface area contributed by atoms with E-state index in [1.165, 1.54) is 180 Å². The first-order valence-electron chi connectivity index (χ1n) is 19.9. The van der Waals surface area contributed by atoms with Crippen molar-refractivity contribution in [2.45, 2.75) is 219 Å². The summed E-state index contributed by atoms with van der Waals surface area (Å²) in [7, 11) is 4.28. The van der Waals surface area contributed by atoms with Gasteiger partial charge in [-0.05, 0) is 78.3 Å². The number of hydrogen-bond donors (Lipinski definition) is 0. The monoisotopic (exact) mass is 618 g/mol. The SMILES string of the molecule is CCCCCCCC/C=C\CCCCCCCC1OC(CCN(C)C)OC1CCCCCCC/C=C\CCCCCCCC. The van der Waals surface area contributed by atoms with E-state index in [-0.39, 0.29) is 6.29 Å². The summed E-state index contributed by atoms with van der Waals surface area (Å²) in [5.74, 6) is 0. The molecular weight excluding hydrogens is 538 g/mol. The Labute approximate surface area is 277 Å². The fraction of sp³-hybridized carbons (Fsp3) is 0.902. The number of unbranched alkanes of at least 4 members (excludes halogenated alkanes) is 22. The van der Waals surface area contributed by atoms with Gasteiger partial charge in [-0.3, -0.25) is 0 Å². The lowest BCUT2D eigenvalue weighted by Crippen LogP contribution is -2.22. The van der Waals surface area contributed by atoms with Gasteiger partial charge in [-0.15, -0.1) is 0 Å². The third kappa shape index (κ3) is 26.6. The van der Waals surface area contributed by atoms with Crippen LogP contribution in [0, 0.1) is 0 Å². The van der Waals surface area contributed by atoms with Gasteiger partial charge in [0, 0.05) is 13.0 Å². The van der Waals surface area contributed by atoms with E-state index in [4.69, 9.17) is 9.47 Å². The molecule has 3 nitrogen and oxygen atoms in total. The van der Waals surface area contributed by atoms with Crippen LogP contribution in [0.25, 0.3) is 0 Å². The number of rotatable bonds is 33. The molecule has 0 aromatic heterocycles. The van der Waals surface area contributed by atoms with Crippen molar-refractivity contribution in [3.8, 4) is 0 Å². The van der Waals surface area contributed by atoms with E-state index < -0.39 is 0 Å². The van der Waals surface area contributed by atoms with Gasteiger partial charge in [0.1, 0.15) is 0 Å². The average Bonchev–Trinajstić information content (AvgIpc) is 3.41. The van der Waals surface area contributed by atoms with Gasteiger partial charge in [0.05, 0.1) is 12.2 Å². The van der Waals surface area contributed by atoms with Gasteiger partial charge in [-0.25, -0.2) is 0 Å². The summed E-state index contributed by atoms with van der Waals surface area (Å²) in [6, 6.07) is 0. The molecule has 1 rings (SSSR count). The van der Waals surface area contributed by atoms with Gasteiger partial charge in [-0.2, -0.15) is 0 Å². The Bertz CT molecular complexity index is 582. The Hall–Kier alpha value is -0.640. The number of hydrogen-bond acceptors (Lipinski definition) is 3. The molecule has 1 aliphatic heterocycles. The Morgan fingerprint density at radius 3 is 1.07 bits per heavy atom. The van der Waals surface area contributed by atoms with Crippen molar-refractivity contribution in [2.75, 3.05) is 20.6 Å². The predicted octanol–water partition coefficient (Wildman–Crippen LogP) is 13.1. The van der Waals surface area contributed by atoms with E-state index in [0.29, 0.717) is 12.2 Å². The van der Waals surface area contributed by atoms with Crippen molar-refractivity contribution >= 4 is 0 Å². The molecule has 260 valence electrons. The average molecular weight is 618 g/mol. The van der Waals surface area contributed by atoms with Crippen LogP contribution in [0.5, 0.6) is 0 Å². The van der Waals surface area contributed by atoms with Gasteiger partial charge in [0.2, 0.25) is 0 Å². The Morgan fingerprint density at radius 1 is 0.409 bits per heavy atom. The number of nitrogens with zero attached hydrogens (tertiary/aromatic N) is 1. The van der Waals surface area contributed by atoms with Crippen LogP contribution in [0.4, 0.5) is 0 Å². The number of allylic oxidation sites excluding steroid dienone is 4. The Balaban J connectivity index is 2.09. The molecule has 3 heteroatoms. The Kier molecular flexibility index (Phi) is 30.4. The van der Waals surface area contributed by atoms with E-state index in [0.717, 1.165) is 13.0 Å². The molecule has 0 aliphatic carbocycles. The molecule has 0 amide bonds. The molecule has 1 saturated heterocycles. The van der Waals surface area contributed by atoms with Crippen molar-refractivity contribution in [2.24, 2.45) is 0 Å². The molecule has 0 bridgehead atoms. The standard InChI is InChI=1S/C41H79NO2/c1-5-7-9-11-13-15-17-19-21-23-25-27-29-31-33-35-39-40(44-41(43-39)37-38-42(3)4)36-34-32-30-28-26-24-22-20-18-16-14-12-10-8-6-2/h19-22,39-41H,5-18,23-38H2,1-4H3/b21-19-,22-20-. The third-order valence-electron chi connectivity index (χ3n) is 9.38. The van der Waals surface area contributed by atoms with Crippen LogP contribution in [-0.4, -0.2) is 44.0 Å². The van der Waals surface area contributed by atoms with E-state index >= 15 is 0 Å². The van der Waals surface area contributed by atoms with Gasteiger partial charge in [-0.1, -0.05) is 154 Å². The summed E-state index contributed by atoms with van der Waals surface area (Å²) >= 11 is 0. The second-order valence-electron chi connectivity index (χ2n) is 14.1.